The second-order valence-corrected chi connectivity index (χ2v) is 34.4. The molecule has 12 nitrogen and oxygen atoms in total. The van der Waals surface area contributed by atoms with Gasteiger partial charge in [-0.15, -0.1) is 11.6 Å². The van der Waals surface area contributed by atoms with Gasteiger partial charge in [0.2, 0.25) is 0 Å². The van der Waals surface area contributed by atoms with Crippen LogP contribution in [0.2, 0.25) is 24.9 Å². The van der Waals surface area contributed by atoms with E-state index in [0.29, 0.717) is 54.7 Å². The summed E-state index contributed by atoms with van der Waals surface area (Å²) in [5.41, 5.74) is 3.59. The van der Waals surface area contributed by atoms with Crippen LogP contribution in [0.4, 0.5) is 0 Å². The van der Waals surface area contributed by atoms with Gasteiger partial charge in [-0.25, -0.2) is 29.6 Å². The van der Waals surface area contributed by atoms with Crippen LogP contribution in [0, 0.1) is 0 Å². The molecule has 8 aromatic rings. The molecule has 4 aromatic heterocycles. The number of carbonyl (C=O) groups excluding carboxylic acids is 2. The van der Waals surface area contributed by atoms with E-state index >= 15 is 0 Å². The largest absolute Gasteiger partial charge is 0.465 e. The summed E-state index contributed by atoms with van der Waals surface area (Å²) in [6.07, 6.45) is 3.38. The summed E-state index contributed by atoms with van der Waals surface area (Å²) in [6, 6.07) is 36.8. The first-order valence-electron chi connectivity index (χ1n) is 19.7. The van der Waals surface area contributed by atoms with Crippen molar-refractivity contribution in [3.63, 3.8) is 0 Å². The van der Waals surface area contributed by atoms with Crippen molar-refractivity contribution in [2.45, 2.75) is 44.3 Å². The number of esters is 2. The molecule has 8 rings (SSSR count). The topological polar surface area (TPSA) is 157 Å². The number of rotatable bonds is 10. The Labute approximate surface area is 404 Å². The molecule has 4 aromatic carbocycles. The number of alkyl halides is 1. The van der Waals surface area contributed by atoms with Crippen molar-refractivity contribution in [2.24, 2.45) is 0 Å². The van der Waals surface area contributed by atoms with Crippen molar-refractivity contribution >= 4 is 111 Å². The minimum absolute atomic E-state index is 0. The van der Waals surface area contributed by atoms with Gasteiger partial charge in [0.05, 0.1) is 45.1 Å². The molecule has 0 fully saturated rings. The fourth-order valence-electron chi connectivity index (χ4n) is 6.71. The van der Waals surface area contributed by atoms with E-state index in [4.69, 9.17) is 39.5 Å². The normalized spacial score (nSPS) is 11.4. The van der Waals surface area contributed by atoms with Crippen LogP contribution in [0.1, 0.15) is 45.2 Å². The van der Waals surface area contributed by atoms with Crippen LogP contribution in [-0.2, 0) is 41.8 Å². The fraction of sp³-hybridized carbons (Fsp3) is 0.167. The number of hydrogen-bond donors (Lipinski definition) is 0. The smallest absolute Gasteiger partial charge is 0.337 e. The van der Waals surface area contributed by atoms with Gasteiger partial charge in [0.25, 0.3) is 20.0 Å². The number of fused-ring (bicyclic) bond motifs is 2. The predicted octanol–water partition coefficient (Wildman–Crippen LogP) is 10.6. The molecule has 0 radical (unpaired) electrons. The number of pyridine rings is 2. The molecule has 0 atom stereocenters. The Morgan fingerprint density at radius 3 is 1.48 bits per heavy atom. The third kappa shape index (κ3) is 11.8. The summed E-state index contributed by atoms with van der Waals surface area (Å²) >= 11 is 15.8. The molecule has 0 unspecified atom stereocenters. The van der Waals surface area contributed by atoms with Crippen LogP contribution in [0.3, 0.4) is 0 Å². The Bertz CT molecular complexity index is 3230. The van der Waals surface area contributed by atoms with Crippen molar-refractivity contribution in [1.29, 1.82) is 0 Å². The molecule has 0 saturated heterocycles. The van der Waals surface area contributed by atoms with E-state index in [1.54, 1.807) is 134 Å². The monoisotopic (exact) mass is 1100 g/mol. The molecule has 0 N–H and O–H groups in total. The van der Waals surface area contributed by atoms with Crippen molar-refractivity contribution in [2.75, 3.05) is 14.2 Å². The molecule has 4 heterocycles. The summed E-state index contributed by atoms with van der Waals surface area (Å²) in [6.45, 7) is 0. The third-order valence-electron chi connectivity index (χ3n) is 9.83. The molecule has 0 amide bonds. The van der Waals surface area contributed by atoms with Gasteiger partial charge in [-0.05, 0) is 84.9 Å². The zero-order valence-corrected chi connectivity index (χ0v) is 42.5. The first kappa shape index (κ1) is 51.7. The van der Waals surface area contributed by atoms with Crippen LogP contribution in [0.5, 0.6) is 0 Å². The zero-order chi connectivity index (χ0) is 47.1. The van der Waals surface area contributed by atoms with Crippen molar-refractivity contribution < 1.29 is 35.9 Å². The average molecular weight is 1100 g/mol. The molecule has 344 valence electrons. The second kappa shape index (κ2) is 22.0. The van der Waals surface area contributed by atoms with Gasteiger partial charge < -0.3 is 4.74 Å². The van der Waals surface area contributed by atoms with Gasteiger partial charge in [-0.1, -0.05) is 67.0 Å². The standard InChI is InChI=1S/C22H17ClN2O4S.C15H11Cl2NO2S.C7H6NO2.CH4.3CH3.Sn/c1-29-22(26)15-9-10-24-18(12-15)14-19-13-16-11-17(23)7-8-21(16)25(19)30(27,28)20-5-3-2-4-6-20;16-10-13-9-11-8-12(17)6-7-15(11)18(13)21(19,20)14-4-2-1-3-5-14;1-10-7(9)6-2-4-8-5-3-6;;;;;/h2-13H,14H2,1H3;1-9H,10H2;2-4H,1H3;1H4;3*1H3;. The molecule has 0 aliphatic heterocycles. The molecule has 66 heavy (non-hydrogen) atoms. The number of benzene rings is 4. The summed E-state index contributed by atoms with van der Waals surface area (Å²) < 4.78 is 65.7. The summed E-state index contributed by atoms with van der Waals surface area (Å²) in [7, 11) is -4.86. The zero-order valence-electron chi connectivity index (χ0n) is 35.8. The van der Waals surface area contributed by atoms with E-state index in [1.807, 2.05) is 6.07 Å². The Kier molecular flexibility index (Phi) is 17.3. The SMILES string of the molecule is C.COC(=O)c1ccn[c]([Sn]([CH3])([CH3])[CH3])c1.COC(=O)c1ccnc(Cc2cc3cc(Cl)ccc3n2S(=O)(=O)c2ccccc2)c1.O=S(=O)(c1ccccc1)n1c(CCl)cc2cc(Cl)ccc21. The first-order chi connectivity index (χ1) is 30.9. The average Bonchev–Trinajstić information content (AvgIpc) is 3.87. The Morgan fingerprint density at radius 2 is 1.03 bits per heavy atom. The predicted molar refractivity (Wildman–Crippen MR) is 265 cm³/mol. The molecule has 0 aliphatic rings. The van der Waals surface area contributed by atoms with Gasteiger partial charge in [-0.3, -0.25) is 4.98 Å². The van der Waals surface area contributed by atoms with Gasteiger partial charge in [0, 0.05) is 44.8 Å². The maximum Gasteiger partial charge on any atom is 0.337 e. The van der Waals surface area contributed by atoms with E-state index in [1.165, 1.54) is 28.4 Å². The molecule has 18 heteroatoms. The van der Waals surface area contributed by atoms with Crippen molar-refractivity contribution in [3.8, 4) is 0 Å². The number of aromatic nitrogens is 4. The Morgan fingerprint density at radius 1 is 0.591 bits per heavy atom. The number of halogens is 3. The van der Waals surface area contributed by atoms with Crippen LogP contribution in [0.25, 0.3) is 21.8 Å². The van der Waals surface area contributed by atoms with Crippen LogP contribution >= 0.6 is 34.8 Å². The Hall–Kier alpha value is -5.23. The Balaban J connectivity index is 0.000000198. The minimum Gasteiger partial charge on any atom is -0.465 e. The number of nitrogens with zero attached hydrogens (tertiary/aromatic N) is 4. The number of hydrogen-bond acceptors (Lipinski definition) is 10. The molecule has 0 bridgehead atoms. The van der Waals surface area contributed by atoms with Gasteiger partial charge in [-0.2, -0.15) is 0 Å². The van der Waals surface area contributed by atoms with Gasteiger partial charge in [0.15, 0.2) is 0 Å². The fourth-order valence-corrected chi connectivity index (χ4v) is 13.5. The molecule has 0 spiro atoms. The van der Waals surface area contributed by atoms with Crippen molar-refractivity contribution in [3.05, 3.63) is 184 Å². The quantitative estimate of drug-likeness (QED) is 0.0734. The number of ether oxygens (including phenoxy) is 2. The van der Waals surface area contributed by atoms with Gasteiger partial charge in [0.1, 0.15) is 0 Å². The summed E-state index contributed by atoms with van der Waals surface area (Å²) in [5, 5.41) is 2.51. The minimum atomic E-state index is -3.86. The van der Waals surface area contributed by atoms with Gasteiger partial charge >= 0.3 is 94.4 Å². The maximum absolute atomic E-state index is 13.5. The van der Waals surface area contributed by atoms with Crippen LogP contribution in [0.15, 0.2) is 156 Å². The summed E-state index contributed by atoms with van der Waals surface area (Å²) in [4.78, 5) is 38.9. The number of methoxy groups -OCH3 is 2. The first-order valence-corrected chi connectivity index (χ1v) is 33.9. The van der Waals surface area contributed by atoms with E-state index in [-0.39, 0.29) is 35.5 Å². The molecule has 0 aliphatic carbocycles. The second-order valence-electron chi connectivity index (χ2n) is 15.4. The maximum atomic E-state index is 13.5. The molecule has 0 saturated carbocycles. The van der Waals surface area contributed by atoms with Crippen LogP contribution < -0.4 is 3.71 Å². The molecular formula is C48H47Cl3N4O8S2Sn. The summed E-state index contributed by atoms with van der Waals surface area (Å²) in [5.74, 6) is -0.676. The third-order valence-corrected chi connectivity index (χ3v) is 19.3. The van der Waals surface area contributed by atoms with E-state index in [0.717, 1.165) is 9.10 Å². The number of carbonyl (C=O) groups is 2. The van der Waals surface area contributed by atoms with E-state index in [2.05, 4.69) is 29.5 Å². The van der Waals surface area contributed by atoms with E-state index in [9.17, 15) is 26.4 Å². The van der Waals surface area contributed by atoms with Crippen LogP contribution in [-0.4, -0.2) is 79.3 Å². The van der Waals surface area contributed by atoms with Crippen molar-refractivity contribution in [1.82, 2.24) is 17.9 Å². The molecular weight excluding hydrogens is 1050 g/mol. The van der Waals surface area contributed by atoms with E-state index < -0.39 is 44.4 Å².